The largest absolute Gasteiger partial charge is 0.392 e. The van der Waals surface area contributed by atoms with E-state index in [9.17, 15) is 4.79 Å². The van der Waals surface area contributed by atoms with E-state index in [-0.39, 0.29) is 18.1 Å². The molecule has 1 fully saturated rings. The van der Waals surface area contributed by atoms with E-state index in [1.165, 1.54) is 0 Å². The SMILES string of the molecule is CC1NC(=O)CCC1NC[C@@H](C)O. The van der Waals surface area contributed by atoms with Gasteiger partial charge in [-0.25, -0.2) is 0 Å². The van der Waals surface area contributed by atoms with Crippen molar-refractivity contribution >= 4 is 5.91 Å². The third kappa shape index (κ3) is 3.32. The zero-order valence-electron chi connectivity index (χ0n) is 8.21. The summed E-state index contributed by atoms with van der Waals surface area (Å²) in [6.07, 6.45) is 1.12. The fraction of sp³-hybridized carbons (Fsp3) is 0.889. The van der Waals surface area contributed by atoms with Gasteiger partial charge in [0.1, 0.15) is 0 Å². The average molecular weight is 186 g/mol. The van der Waals surface area contributed by atoms with Crippen LogP contribution in [-0.4, -0.2) is 35.7 Å². The molecule has 0 bridgehead atoms. The quantitative estimate of drug-likeness (QED) is 0.563. The van der Waals surface area contributed by atoms with Crippen LogP contribution in [0.2, 0.25) is 0 Å². The number of rotatable bonds is 3. The zero-order chi connectivity index (χ0) is 9.84. The van der Waals surface area contributed by atoms with Gasteiger partial charge in [-0.2, -0.15) is 0 Å². The Morgan fingerprint density at radius 3 is 3.00 bits per heavy atom. The molecule has 1 heterocycles. The van der Waals surface area contributed by atoms with Crippen molar-refractivity contribution in [1.82, 2.24) is 10.6 Å². The Kier molecular flexibility index (Phi) is 3.69. The lowest BCUT2D eigenvalue weighted by atomic mass is 9.99. The molecule has 1 rings (SSSR count). The summed E-state index contributed by atoms with van der Waals surface area (Å²) in [5, 5.41) is 15.2. The average Bonchev–Trinajstić information content (AvgIpc) is 2.02. The first-order chi connectivity index (χ1) is 6.09. The van der Waals surface area contributed by atoms with Crippen LogP contribution in [0.3, 0.4) is 0 Å². The summed E-state index contributed by atoms with van der Waals surface area (Å²) in [4.78, 5) is 11.0. The van der Waals surface area contributed by atoms with E-state index in [1.54, 1.807) is 6.92 Å². The molecule has 0 saturated carbocycles. The third-order valence-corrected chi connectivity index (χ3v) is 2.35. The Hall–Kier alpha value is -0.610. The molecule has 76 valence electrons. The summed E-state index contributed by atoms with van der Waals surface area (Å²) >= 11 is 0. The maximum atomic E-state index is 11.0. The number of hydrogen-bond donors (Lipinski definition) is 3. The predicted molar refractivity (Wildman–Crippen MR) is 50.3 cm³/mol. The highest BCUT2D eigenvalue weighted by Gasteiger charge is 2.24. The van der Waals surface area contributed by atoms with Crippen molar-refractivity contribution < 1.29 is 9.90 Å². The van der Waals surface area contributed by atoms with Crippen LogP contribution in [0.25, 0.3) is 0 Å². The second kappa shape index (κ2) is 4.58. The minimum atomic E-state index is -0.329. The fourth-order valence-corrected chi connectivity index (χ4v) is 1.56. The van der Waals surface area contributed by atoms with Gasteiger partial charge in [-0.05, 0) is 20.3 Å². The molecule has 3 N–H and O–H groups in total. The maximum Gasteiger partial charge on any atom is 0.220 e. The van der Waals surface area contributed by atoms with Crippen molar-refractivity contribution in [2.45, 2.75) is 44.9 Å². The van der Waals surface area contributed by atoms with Crippen LogP contribution in [0.5, 0.6) is 0 Å². The molecule has 0 spiro atoms. The number of carbonyl (C=O) groups excluding carboxylic acids is 1. The molecule has 2 unspecified atom stereocenters. The van der Waals surface area contributed by atoms with Crippen LogP contribution in [0.1, 0.15) is 26.7 Å². The fourth-order valence-electron chi connectivity index (χ4n) is 1.56. The molecular formula is C9H18N2O2. The standard InChI is InChI=1S/C9H18N2O2/c1-6(12)5-10-8-3-4-9(13)11-7(8)2/h6-8,10,12H,3-5H2,1-2H3,(H,11,13)/t6-,7?,8?/m1/s1. The van der Waals surface area contributed by atoms with Crippen molar-refractivity contribution in [2.24, 2.45) is 0 Å². The molecule has 0 aliphatic carbocycles. The monoisotopic (exact) mass is 186 g/mol. The normalized spacial score (nSPS) is 31.2. The van der Waals surface area contributed by atoms with Gasteiger partial charge in [-0.15, -0.1) is 0 Å². The Balaban J connectivity index is 2.29. The lowest BCUT2D eigenvalue weighted by Gasteiger charge is -2.30. The van der Waals surface area contributed by atoms with Gasteiger partial charge >= 0.3 is 0 Å². The topological polar surface area (TPSA) is 61.4 Å². The maximum absolute atomic E-state index is 11.0. The van der Waals surface area contributed by atoms with Gasteiger partial charge in [0.25, 0.3) is 0 Å². The summed E-state index contributed by atoms with van der Waals surface area (Å²) in [5.74, 6) is 0.127. The van der Waals surface area contributed by atoms with Crippen LogP contribution >= 0.6 is 0 Å². The third-order valence-electron chi connectivity index (χ3n) is 2.35. The van der Waals surface area contributed by atoms with E-state index in [2.05, 4.69) is 10.6 Å². The van der Waals surface area contributed by atoms with E-state index in [0.29, 0.717) is 19.0 Å². The second-order valence-electron chi connectivity index (χ2n) is 3.76. The van der Waals surface area contributed by atoms with Crippen LogP contribution < -0.4 is 10.6 Å². The molecule has 0 aromatic rings. The number of hydrogen-bond acceptors (Lipinski definition) is 3. The highest BCUT2D eigenvalue weighted by Crippen LogP contribution is 2.08. The molecule has 4 nitrogen and oxygen atoms in total. The minimum absolute atomic E-state index is 0.127. The zero-order valence-corrected chi connectivity index (χ0v) is 8.21. The van der Waals surface area contributed by atoms with Gasteiger partial charge in [0.05, 0.1) is 6.10 Å². The first-order valence-corrected chi connectivity index (χ1v) is 4.80. The Morgan fingerprint density at radius 1 is 1.77 bits per heavy atom. The van der Waals surface area contributed by atoms with E-state index >= 15 is 0 Å². The molecule has 0 aromatic carbocycles. The number of amides is 1. The Morgan fingerprint density at radius 2 is 2.46 bits per heavy atom. The number of nitrogens with one attached hydrogen (secondary N) is 2. The molecule has 3 atom stereocenters. The van der Waals surface area contributed by atoms with Gasteiger partial charge in [0.2, 0.25) is 5.91 Å². The van der Waals surface area contributed by atoms with Crippen molar-refractivity contribution in [1.29, 1.82) is 0 Å². The summed E-state index contributed by atoms with van der Waals surface area (Å²) in [7, 11) is 0. The molecule has 1 saturated heterocycles. The highest BCUT2D eigenvalue weighted by molar-refractivity contribution is 5.77. The smallest absolute Gasteiger partial charge is 0.220 e. The first-order valence-electron chi connectivity index (χ1n) is 4.80. The van der Waals surface area contributed by atoms with Crippen LogP contribution in [0, 0.1) is 0 Å². The molecule has 4 heteroatoms. The summed E-state index contributed by atoms with van der Waals surface area (Å²) in [6, 6.07) is 0.465. The molecule has 1 aliphatic rings. The van der Waals surface area contributed by atoms with Crippen molar-refractivity contribution in [2.75, 3.05) is 6.54 Å². The molecular weight excluding hydrogens is 168 g/mol. The van der Waals surface area contributed by atoms with Gasteiger partial charge in [-0.3, -0.25) is 4.79 Å². The first kappa shape index (κ1) is 10.5. The lowest BCUT2D eigenvalue weighted by molar-refractivity contribution is -0.123. The molecule has 1 aliphatic heterocycles. The van der Waals surface area contributed by atoms with Crippen molar-refractivity contribution in [3.63, 3.8) is 0 Å². The molecule has 0 radical (unpaired) electrons. The van der Waals surface area contributed by atoms with Gasteiger partial charge < -0.3 is 15.7 Å². The molecule has 0 aromatic heterocycles. The lowest BCUT2D eigenvalue weighted by Crippen LogP contribution is -2.53. The number of aliphatic hydroxyl groups excluding tert-OH is 1. The molecule has 13 heavy (non-hydrogen) atoms. The van der Waals surface area contributed by atoms with Gasteiger partial charge in [0, 0.05) is 25.0 Å². The van der Waals surface area contributed by atoms with Crippen LogP contribution in [0.15, 0.2) is 0 Å². The number of piperidine rings is 1. The summed E-state index contributed by atoms with van der Waals surface area (Å²) in [6.45, 7) is 4.32. The van der Waals surface area contributed by atoms with E-state index in [0.717, 1.165) is 6.42 Å². The van der Waals surface area contributed by atoms with E-state index in [4.69, 9.17) is 5.11 Å². The van der Waals surface area contributed by atoms with Gasteiger partial charge in [0.15, 0.2) is 0 Å². The van der Waals surface area contributed by atoms with E-state index < -0.39 is 0 Å². The Labute approximate surface area is 78.7 Å². The minimum Gasteiger partial charge on any atom is -0.392 e. The predicted octanol–water partition coefficient (Wildman–Crippen LogP) is -0.376. The van der Waals surface area contributed by atoms with Crippen molar-refractivity contribution in [3.05, 3.63) is 0 Å². The van der Waals surface area contributed by atoms with E-state index in [1.807, 2.05) is 6.92 Å². The Bertz CT molecular complexity index is 182. The second-order valence-corrected chi connectivity index (χ2v) is 3.76. The van der Waals surface area contributed by atoms with Crippen LogP contribution in [0.4, 0.5) is 0 Å². The molecule has 1 amide bonds. The van der Waals surface area contributed by atoms with Gasteiger partial charge in [-0.1, -0.05) is 0 Å². The number of aliphatic hydroxyl groups is 1. The number of carbonyl (C=O) groups is 1. The summed E-state index contributed by atoms with van der Waals surface area (Å²) < 4.78 is 0. The van der Waals surface area contributed by atoms with Crippen molar-refractivity contribution in [3.8, 4) is 0 Å². The summed E-state index contributed by atoms with van der Waals surface area (Å²) in [5.41, 5.74) is 0. The van der Waals surface area contributed by atoms with Crippen LogP contribution in [-0.2, 0) is 4.79 Å². The highest BCUT2D eigenvalue weighted by atomic mass is 16.3.